The van der Waals surface area contributed by atoms with E-state index in [2.05, 4.69) is 49.6 Å². The molecule has 0 N–H and O–H groups in total. The van der Waals surface area contributed by atoms with Crippen LogP contribution in [0, 0.1) is 5.41 Å². The van der Waals surface area contributed by atoms with E-state index in [0.717, 1.165) is 24.0 Å². The maximum Gasteiger partial charge on any atom is 0.197 e. The lowest BCUT2D eigenvalue weighted by atomic mass is 9.66. The van der Waals surface area contributed by atoms with E-state index >= 15 is 0 Å². The van der Waals surface area contributed by atoms with Crippen molar-refractivity contribution >= 4 is 5.57 Å². The quantitative estimate of drug-likeness (QED) is 0.484. The molecule has 0 aliphatic heterocycles. The van der Waals surface area contributed by atoms with Crippen LogP contribution in [0.3, 0.4) is 0 Å². The molecule has 2 rings (SSSR count). The van der Waals surface area contributed by atoms with Gasteiger partial charge in [-0.15, -0.1) is 13.2 Å². The Morgan fingerprint density at radius 2 is 1.50 bits per heavy atom. The van der Waals surface area contributed by atoms with E-state index in [1.54, 1.807) is 14.2 Å². The highest BCUT2D eigenvalue weighted by Crippen LogP contribution is 2.51. The minimum absolute atomic E-state index is 0.381. The van der Waals surface area contributed by atoms with Gasteiger partial charge in [0.05, 0.1) is 5.41 Å². The van der Waals surface area contributed by atoms with E-state index in [4.69, 9.17) is 9.47 Å². The Morgan fingerprint density at radius 3 is 1.96 bits per heavy atom. The number of ether oxygens (including phenoxy) is 2. The van der Waals surface area contributed by atoms with Crippen LogP contribution in [-0.4, -0.2) is 20.0 Å². The van der Waals surface area contributed by atoms with Gasteiger partial charge in [-0.25, -0.2) is 0 Å². The highest BCUT2D eigenvalue weighted by atomic mass is 16.7. The molecule has 0 saturated heterocycles. The first-order valence-corrected chi connectivity index (χ1v) is 8.24. The smallest absolute Gasteiger partial charge is 0.197 e. The van der Waals surface area contributed by atoms with Crippen LogP contribution in [0.5, 0.6) is 0 Å². The monoisotopic (exact) mass is 324 g/mol. The molecule has 0 fully saturated rings. The second-order valence-electron chi connectivity index (χ2n) is 6.80. The summed E-state index contributed by atoms with van der Waals surface area (Å²) in [4.78, 5) is 0. The summed E-state index contributed by atoms with van der Waals surface area (Å²) in [5, 5.41) is 0. The fraction of sp³-hybridized carbons (Fsp3) is 0.364. The number of benzene rings is 1. The number of methoxy groups -OCH3 is 2. The largest absolute Gasteiger partial charge is 0.349 e. The minimum Gasteiger partial charge on any atom is -0.349 e. The van der Waals surface area contributed by atoms with E-state index in [0.29, 0.717) is 0 Å². The molecular formula is C22H28O2. The highest BCUT2D eigenvalue weighted by Gasteiger charge is 2.51. The van der Waals surface area contributed by atoms with Gasteiger partial charge in [0.1, 0.15) is 0 Å². The van der Waals surface area contributed by atoms with Crippen molar-refractivity contribution in [3.63, 3.8) is 0 Å². The topological polar surface area (TPSA) is 18.5 Å². The fourth-order valence-electron chi connectivity index (χ4n) is 3.74. The van der Waals surface area contributed by atoms with Gasteiger partial charge in [0, 0.05) is 14.2 Å². The van der Waals surface area contributed by atoms with Crippen LogP contribution >= 0.6 is 0 Å². The second-order valence-corrected chi connectivity index (χ2v) is 6.80. The zero-order valence-electron chi connectivity index (χ0n) is 15.3. The van der Waals surface area contributed by atoms with E-state index in [9.17, 15) is 0 Å². The average molecular weight is 324 g/mol. The summed E-state index contributed by atoms with van der Waals surface area (Å²) in [6.45, 7) is 12.4. The van der Waals surface area contributed by atoms with Crippen LogP contribution in [-0.2, 0) is 9.47 Å². The molecule has 0 spiro atoms. The maximum atomic E-state index is 5.89. The zero-order valence-corrected chi connectivity index (χ0v) is 15.3. The number of rotatable bonds is 7. The van der Waals surface area contributed by atoms with Crippen LogP contribution in [0.25, 0.3) is 5.57 Å². The van der Waals surface area contributed by atoms with Gasteiger partial charge < -0.3 is 9.47 Å². The Kier molecular flexibility index (Phi) is 5.63. The van der Waals surface area contributed by atoms with Crippen molar-refractivity contribution < 1.29 is 9.47 Å². The molecule has 128 valence electrons. The Balaban J connectivity index is 2.63. The van der Waals surface area contributed by atoms with Gasteiger partial charge in [-0.2, -0.15) is 0 Å². The predicted molar refractivity (Wildman–Crippen MR) is 102 cm³/mol. The lowest BCUT2D eigenvalue weighted by Crippen LogP contribution is -2.50. The molecule has 0 atom stereocenters. The van der Waals surface area contributed by atoms with Gasteiger partial charge in [0.2, 0.25) is 0 Å². The molecule has 2 nitrogen and oxygen atoms in total. The van der Waals surface area contributed by atoms with Gasteiger partial charge in [-0.3, -0.25) is 0 Å². The summed E-state index contributed by atoms with van der Waals surface area (Å²) in [6, 6.07) is 10.4. The summed E-state index contributed by atoms with van der Waals surface area (Å²) in [7, 11) is 3.39. The third-order valence-corrected chi connectivity index (χ3v) is 4.56. The third-order valence-electron chi connectivity index (χ3n) is 4.56. The Hall–Kier alpha value is -1.90. The Labute approximate surface area is 146 Å². The molecule has 1 aromatic carbocycles. The first-order chi connectivity index (χ1) is 11.4. The molecule has 0 radical (unpaired) electrons. The molecule has 1 aliphatic rings. The minimum atomic E-state index is -0.830. The van der Waals surface area contributed by atoms with Crippen molar-refractivity contribution in [2.45, 2.75) is 32.5 Å². The van der Waals surface area contributed by atoms with E-state index in [1.807, 2.05) is 26.0 Å². The summed E-state index contributed by atoms with van der Waals surface area (Å²) in [6.07, 6.45) is 7.92. The number of allylic oxidation sites excluding steroid dienone is 4. The summed E-state index contributed by atoms with van der Waals surface area (Å²) >= 11 is 0. The number of hydrogen-bond donors (Lipinski definition) is 0. The molecule has 0 saturated carbocycles. The van der Waals surface area contributed by atoms with Gasteiger partial charge in [0.25, 0.3) is 0 Å². The van der Waals surface area contributed by atoms with E-state index < -0.39 is 5.79 Å². The second kappa shape index (κ2) is 7.33. The van der Waals surface area contributed by atoms with Crippen LogP contribution in [0.2, 0.25) is 0 Å². The summed E-state index contributed by atoms with van der Waals surface area (Å²) in [5.74, 6) is -0.830. The van der Waals surface area contributed by atoms with Gasteiger partial charge in [-0.1, -0.05) is 53.6 Å². The zero-order chi connectivity index (χ0) is 17.8. The lowest BCUT2D eigenvalue weighted by molar-refractivity contribution is -0.229. The lowest BCUT2D eigenvalue weighted by Gasteiger charge is -2.48. The van der Waals surface area contributed by atoms with Gasteiger partial charge in [-0.05, 0) is 43.9 Å². The van der Waals surface area contributed by atoms with Crippen molar-refractivity contribution in [1.29, 1.82) is 0 Å². The third kappa shape index (κ3) is 3.45. The van der Waals surface area contributed by atoms with Crippen LogP contribution in [0.15, 0.2) is 72.9 Å². The maximum absolute atomic E-state index is 5.89. The van der Waals surface area contributed by atoms with Crippen LogP contribution in [0.1, 0.15) is 32.3 Å². The van der Waals surface area contributed by atoms with Crippen molar-refractivity contribution in [2.75, 3.05) is 14.2 Å². The molecule has 0 aromatic heterocycles. The van der Waals surface area contributed by atoms with Gasteiger partial charge >= 0.3 is 0 Å². The molecule has 0 unspecified atom stereocenters. The first-order valence-electron chi connectivity index (χ1n) is 8.24. The summed E-state index contributed by atoms with van der Waals surface area (Å²) < 4.78 is 11.8. The molecule has 0 amide bonds. The first kappa shape index (κ1) is 18.4. The predicted octanol–water partition coefficient (Wildman–Crippen LogP) is 5.55. The molecule has 24 heavy (non-hydrogen) atoms. The molecule has 1 aliphatic carbocycles. The van der Waals surface area contributed by atoms with E-state index in [1.165, 1.54) is 11.1 Å². The molecule has 0 heterocycles. The molecule has 0 bridgehead atoms. The SMILES string of the molecule is C=C(C)CC1(CC(=C)C)C=C(c2ccccc2)C=CC1(OC)OC. The standard InChI is InChI=1S/C22H28O2/c1-17(2)14-21(15-18(3)4)16-20(19-10-8-7-9-11-19)12-13-22(21,23-5)24-6/h7-13,16H,1,3,14-15H2,2,4-6H3. The van der Waals surface area contributed by atoms with E-state index in [-0.39, 0.29) is 5.41 Å². The van der Waals surface area contributed by atoms with Crippen molar-refractivity contribution in [3.8, 4) is 0 Å². The Bertz CT molecular complexity index is 644. The highest BCUT2D eigenvalue weighted by molar-refractivity contribution is 5.76. The molecular weight excluding hydrogens is 296 g/mol. The fourth-order valence-corrected chi connectivity index (χ4v) is 3.74. The average Bonchev–Trinajstić information content (AvgIpc) is 2.54. The Morgan fingerprint density at radius 1 is 0.958 bits per heavy atom. The molecule has 1 aromatic rings. The summed E-state index contributed by atoms with van der Waals surface area (Å²) in [5.41, 5.74) is 4.15. The van der Waals surface area contributed by atoms with Crippen molar-refractivity contribution in [1.82, 2.24) is 0 Å². The van der Waals surface area contributed by atoms with Crippen LogP contribution in [0.4, 0.5) is 0 Å². The van der Waals surface area contributed by atoms with Gasteiger partial charge in [0.15, 0.2) is 5.79 Å². The van der Waals surface area contributed by atoms with Crippen molar-refractivity contribution in [2.24, 2.45) is 5.41 Å². The normalized spacial score (nSPS) is 18.1. The van der Waals surface area contributed by atoms with Crippen LogP contribution < -0.4 is 0 Å². The molecule has 2 heteroatoms. The van der Waals surface area contributed by atoms with Crippen molar-refractivity contribution in [3.05, 3.63) is 78.4 Å². The number of hydrogen-bond acceptors (Lipinski definition) is 2.